The van der Waals surface area contributed by atoms with Crippen molar-refractivity contribution in [1.29, 1.82) is 0 Å². The van der Waals surface area contributed by atoms with Crippen LogP contribution in [0.4, 0.5) is 0 Å². The van der Waals surface area contributed by atoms with Crippen LogP contribution in [0.5, 0.6) is 5.75 Å². The lowest BCUT2D eigenvalue weighted by molar-refractivity contribution is -0.134. The van der Waals surface area contributed by atoms with Gasteiger partial charge in [0.2, 0.25) is 5.91 Å². The normalized spacial score (nSPS) is 17.0. The van der Waals surface area contributed by atoms with Crippen LogP contribution < -0.4 is 4.74 Å². The SMILES string of the molecule is COc1ccc2c(c1)[C@H](C)N(C(=O)CCn1nnnc1C)CC2. The zero-order valence-electron chi connectivity index (χ0n) is 13.7. The van der Waals surface area contributed by atoms with Gasteiger partial charge in [0.15, 0.2) is 0 Å². The Morgan fingerprint density at radius 2 is 2.26 bits per heavy atom. The van der Waals surface area contributed by atoms with Crippen LogP contribution in [-0.2, 0) is 17.8 Å². The number of carbonyl (C=O) groups is 1. The molecule has 0 radical (unpaired) electrons. The Morgan fingerprint density at radius 1 is 1.43 bits per heavy atom. The number of aryl methyl sites for hydroxylation is 2. The van der Waals surface area contributed by atoms with E-state index in [1.807, 2.05) is 24.0 Å². The molecule has 1 amide bonds. The molecule has 122 valence electrons. The molecule has 7 heteroatoms. The van der Waals surface area contributed by atoms with Gasteiger partial charge in [0.05, 0.1) is 19.7 Å². The summed E-state index contributed by atoms with van der Waals surface area (Å²) < 4.78 is 6.96. The lowest BCUT2D eigenvalue weighted by Gasteiger charge is -2.35. The van der Waals surface area contributed by atoms with Crippen LogP contribution in [0.2, 0.25) is 0 Å². The monoisotopic (exact) mass is 315 g/mol. The van der Waals surface area contributed by atoms with Crippen molar-refractivity contribution in [2.24, 2.45) is 0 Å². The number of aromatic nitrogens is 4. The highest BCUT2D eigenvalue weighted by atomic mass is 16.5. The van der Waals surface area contributed by atoms with Crippen LogP contribution in [0.15, 0.2) is 18.2 Å². The summed E-state index contributed by atoms with van der Waals surface area (Å²) in [6.45, 7) is 5.15. The number of fused-ring (bicyclic) bond motifs is 1. The standard InChI is InChI=1S/C16H21N5O2/c1-11-15-10-14(23-3)5-4-13(15)6-8-20(11)16(22)7-9-21-12(2)17-18-19-21/h4-5,10-11H,6-9H2,1-3H3/t11-/m0/s1. The van der Waals surface area contributed by atoms with Crippen molar-refractivity contribution in [2.75, 3.05) is 13.7 Å². The maximum atomic E-state index is 12.6. The van der Waals surface area contributed by atoms with Crippen LogP contribution in [0.3, 0.4) is 0 Å². The van der Waals surface area contributed by atoms with E-state index in [0.717, 1.165) is 24.5 Å². The van der Waals surface area contributed by atoms with E-state index in [-0.39, 0.29) is 11.9 Å². The Morgan fingerprint density at radius 3 is 2.96 bits per heavy atom. The first-order chi connectivity index (χ1) is 11.1. The van der Waals surface area contributed by atoms with Crippen LogP contribution in [0.1, 0.15) is 36.3 Å². The van der Waals surface area contributed by atoms with Crippen molar-refractivity contribution in [1.82, 2.24) is 25.1 Å². The van der Waals surface area contributed by atoms with Crippen LogP contribution in [0, 0.1) is 6.92 Å². The number of benzene rings is 1. The minimum Gasteiger partial charge on any atom is -0.497 e. The first kappa shape index (κ1) is 15.5. The van der Waals surface area contributed by atoms with Gasteiger partial charge in [-0.05, 0) is 54.0 Å². The molecule has 0 saturated carbocycles. The van der Waals surface area contributed by atoms with Gasteiger partial charge in [0.1, 0.15) is 11.6 Å². The quantitative estimate of drug-likeness (QED) is 0.855. The first-order valence-corrected chi connectivity index (χ1v) is 7.79. The van der Waals surface area contributed by atoms with Crippen molar-refractivity contribution in [3.05, 3.63) is 35.2 Å². The molecule has 0 spiro atoms. The van der Waals surface area contributed by atoms with Crippen LogP contribution in [0.25, 0.3) is 0 Å². The fourth-order valence-electron chi connectivity index (χ4n) is 3.06. The van der Waals surface area contributed by atoms with E-state index in [0.29, 0.717) is 13.0 Å². The Kier molecular flexibility index (Phi) is 4.27. The largest absolute Gasteiger partial charge is 0.497 e. The number of hydrogen-bond acceptors (Lipinski definition) is 5. The minimum absolute atomic E-state index is 0.0521. The Labute approximate surface area is 135 Å². The van der Waals surface area contributed by atoms with Gasteiger partial charge in [-0.2, -0.15) is 0 Å². The number of methoxy groups -OCH3 is 1. The second-order valence-corrected chi connectivity index (χ2v) is 5.78. The number of nitrogens with zero attached hydrogens (tertiary/aromatic N) is 5. The maximum absolute atomic E-state index is 12.6. The fourth-order valence-corrected chi connectivity index (χ4v) is 3.06. The molecule has 1 atom stereocenters. The van der Waals surface area contributed by atoms with Crippen LogP contribution >= 0.6 is 0 Å². The van der Waals surface area contributed by atoms with Crippen molar-refractivity contribution < 1.29 is 9.53 Å². The van der Waals surface area contributed by atoms with Crippen molar-refractivity contribution in [3.63, 3.8) is 0 Å². The van der Waals surface area contributed by atoms with E-state index in [1.165, 1.54) is 11.1 Å². The highest BCUT2D eigenvalue weighted by Crippen LogP contribution is 2.32. The Bertz CT molecular complexity index is 712. The molecule has 0 saturated heterocycles. The third-order valence-electron chi connectivity index (χ3n) is 4.46. The van der Waals surface area contributed by atoms with E-state index >= 15 is 0 Å². The van der Waals surface area contributed by atoms with E-state index in [4.69, 9.17) is 4.74 Å². The summed E-state index contributed by atoms with van der Waals surface area (Å²) in [6, 6.07) is 6.15. The second kappa shape index (κ2) is 6.36. The smallest absolute Gasteiger partial charge is 0.224 e. The Hall–Kier alpha value is -2.44. The lowest BCUT2D eigenvalue weighted by atomic mass is 9.93. The number of ether oxygens (including phenoxy) is 1. The molecule has 7 nitrogen and oxygen atoms in total. The molecule has 1 aromatic heterocycles. The van der Waals surface area contributed by atoms with Crippen molar-refractivity contribution >= 4 is 5.91 Å². The molecule has 3 rings (SSSR count). The van der Waals surface area contributed by atoms with E-state index in [2.05, 4.69) is 28.5 Å². The van der Waals surface area contributed by atoms with E-state index in [1.54, 1.807) is 11.8 Å². The molecule has 23 heavy (non-hydrogen) atoms. The number of amides is 1. The lowest BCUT2D eigenvalue weighted by Crippen LogP contribution is -2.39. The zero-order chi connectivity index (χ0) is 16.4. The summed E-state index contributed by atoms with van der Waals surface area (Å²) in [5.74, 6) is 1.68. The highest BCUT2D eigenvalue weighted by Gasteiger charge is 2.27. The second-order valence-electron chi connectivity index (χ2n) is 5.78. The summed E-state index contributed by atoms with van der Waals surface area (Å²) in [7, 11) is 1.66. The first-order valence-electron chi connectivity index (χ1n) is 7.79. The molecule has 0 N–H and O–H groups in total. The molecule has 2 heterocycles. The van der Waals surface area contributed by atoms with Gasteiger partial charge in [-0.3, -0.25) is 4.79 Å². The van der Waals surface area contributed by atoms with Crippen LogP contribution in [-0.4, -0.2) is 44.7 Å². The summed E-state index contributed by atoms with van der Waals surface area (Å²) in [6.07, 6.45) is 1.27. The average Bonchev–Trinajstić information content (AvgIpc) is 2.98. The highest BCUT2D eigenvalue weighted by molar-refractivity contribution is 5.77. The summed E-state index contributed by atoms with van der Waals surface area (Å²) in [4.78, 5) is 14.5. The van der Waals surface area contributed by atoms with Gasteiger partial charge in [-0.1, -0.05) is 6.07 Å². The average molecular weight is 315 g/mol. The van der Waals surface area contributed by atoms with Crippen molar-refractivity contribution in [3.8, 4) is 5.75 Å². The Balaban J connectivity index is 1.71. The molecule has 0 fully saturated rings. The minimum atomic E-state index is 0.0521. The number of hydrogen-bond donors (Lipinski definition) is 0. The molecule has 1 aliphatic heterocycles. The fraction of sp³-hybridized carbons (Fsp3) is 0.500. The molecule has 0 aliphatic carbocycles. The number of carbonyl (C=O) groups excluding carboxylic acids is 1. The maximum Gasteiger partial charge on any atom is 0.224 e. The molecule has 1 aliphatic rings. The molecular weight excluding hydrogens is 294 g/mol. The molecule has 0 bridgehead atoms. The van der Waals surface area contributed by atoms with Gasteiger partial charge < -0.3 is 9.64 Å². The van der Waals surface area contributed by atoms with Crippen molar-refractivity contribution in [2.45, 2.75) is 39.3 Å². The van der Waals surface area contributed by atoms with Gasteiger partial charge in [-0.15, -0.1) is 5.10 Å². The van der Waals surface area contributed by atoms with E-state index < -0.39 is 0 Å². The number of rotatable bonds is 4. The summed E-state index contributed by atoms with van der Waals surface area (Å²) in [5, 5.41) is 11.3. The number of tetrazole rings is 1. The molecule has 2 aromatic rings. The van der Waals surface area contributed by atoms with Gasteiger partial charge in [0.25, 0.3) is 0 Å². The predicted molar refractivity (Wildman–Crippen MR) is 84.0 cm³/mol. The van der Waals surface area contributed by atoms with Gasteiger partial charge in [-0.25, -0.2) is 4.68 Å². The molecule has 0 unspecified atom stereocenters. The predicted octanol–water partition coefficient (Wildman–Crippen LogP) is 1.53. The topological polar surface area (TPSA) is 73.1 Å². The molecule has 1 aromatic carbocycles. The summed E-state index contributed by atoms with van der Waals surface area (Å²) in [5.41, 5.74) is 2.46. The van der Waals surface area contributed by atoms with E-state index in [9.17, 15) is 4.79 Å². The zero-order valence-corrected chi connectivity index (χ0v) is 13.7. The van der Waals surface area contributed by atoms with Gasteiger partial charge >= 0.3 is 0 Å². The molecular formula is C16H21N5O2. The van der Waals surface area contributed by atoms with Gasteiger partial charge in [0, 0.05) is 13.0 Å². The third-order valence-corrected chi connectivity index (χ3v) is 4.46. The summed E-state index contributed by atoms with van der Waals surface area (Å²) >= 11 is 0. The third kappa shape index (κ3) is 3.04.